The summed E-state index contributed by atoms with van der Waals surface area (Å²) in [5.41, 5.74) is -4.20. The minimum absolute atomic E-state index is 0.342. The lowest BCUT2D eigenvalue weighted by Crippen LogP contribution is -2.32. The van der Waals surface area contributed by atoms with Crippen molar-refractivity contribution in [2.75, 3.05) is 0 Å². The Kier molecular flexibility index (Phi) is 4.38. The minimum Gasteiger partial charge on any atom is -0.494 e. The summed E-state index contributed by atoms with van der Waals surface area (Å²) in [6, 6.07) is 6.33. The second kappa shape index (κ2) is 6.52. The average molecular weight is 423 g/mol. The number of aromatic nitrogens is 4. The zero-order valence-corrected chi connectivity index (χ0v) is 14.4. The third-order valence-electron chi connectivity index (χ3n) is 3.70. The summed E-state index contributed by atoms with van der Waals surface area (Å²) in [6.07, 6.45) is 0. The van der Waals surface area contributed by atoms with Gasteiger partial charge in [0.2, 0.25) is 11.8 Å². The first-order chi connectivity index (χ1) is 12.3. The van der Waals surface area contributed by atoms with Crippen LogP contribution in [0.15, 0.2) is 47.9 Å². The van der Waals surface area contributed by atoms with E-state index < -0.39 is 40.2 Å². The molecule has 10 nitrogen and oxygen atoms in total. The third kappa shape index (κ3) is 3.11. The van der Waals surface area contributed by atoms with Crippen LogP contribution in [0.3, 0.4) is 0 Å². The van der Waals surface area contributed by atoms with E-state index in [4.69, 9.17) is 0 Å². The molecular formula is C15H11BrN4O6. The number of benzene rings is 1. The van der Waals surface area contributed by atoms with E-state index in [1.54, 1.807) is 24.3 Å². The minimum atomic E-state index is -1.27. The van der Waals surface area contributed by atoms with Crippen molar-refractivity contribution in [3.8, 4) is 11.8 Å². The monoisotopic (exact) mass is 422 g/mol. The molecule has 0 unspecified atom stereocenters. The van der Waals surface area contributed by atoms with Crippen LogP contribution < -0.4 is 22.5 Å². The summed E-state index contributed by atoms with van der Waals surface area (Å²) in [5, 5.41) is 20.2. The van der Waals surface area contributed by atoms with Crippen molar-refractivity contribution in [1.82, 2.24) is 19.9 Å². The first-order valence-electron chi connectivity index (χ1n) is 7.14. The van der Waals surface area contributed by atoms with Crippen molar-refractivity contribution in [3.63, 3.8) is 0 Å². The van der Waals surface area contributed by atoms with Crippen LogP contribution in [0.25, 0.3) is 0 Å². The maximum atomic E-state index is 12.3. The highest BCUT2D eigenvalue weighted by atomic mass is 79.9. The summed E-state index contributed by atoms with van der Waals surface area (Å²) < 4.78 is 0.708. The number of halogens is 1. The number of aromatic amines is 4. The van der Waals surface area contributed by atoms with Gasteiger partial charge in [0.15, 0.2) is 0 Å². The molecule has 0 amide bonds. The smallest absolute Gasteiger partial charge is 0.328 e. The molecule has 3 aromatic rings. The second-order valence-corrected chi connectivity index (χ2v) is 6.24. The van der Waals surface area contributed by atoms with E-state index in [2.05, 4.69) is 15.9 Å². The van der Waals surface area contributed by atoms with Gasteiger partial charge in [0.1, 0.15) is 0 Å². The molecule has 26 heavy (non-hydrogen) atoms. The van der Waals surface area contributed by atoms with E-state index in [1.165, 1.54) is 0 Å². The molecule has 0 spiro atoms. The lowest BCUT2D eigenvalue weighted by atomic mass is 9.87. The third-order valence-corrected chi connectivity index (χ3v) is 4.23. The lowest BCUT2D eigenvalue weighted by molar-refractivity contribution is 0.429. The van der Waals surface area contributed by atoms with Crippen LogP contribution in [0.2, 0.25) is 0 Å². The standard InChI is InChI=1S/C15H11BrN4O6/c16-6-3-1-5(2-4-6)7(8-10(21)17-14(25)18-11(8)22)9-12(23)19-15(26)20-13(9)24/h1-4,7H,(H3,17,18,21,22,25)(H3,19,20,23,24,26). The van der Waals surface area contributed by atoms with Crippen molar-refractivity contribution in [1.29, 1.82) is 0 Å². The number of H-pyrrole nitrogens is 4. The molecule has 0 aliphatic carbocycles. The maximum Gasteiger partial charge on any atom is 0.328 e. The highest BCUT2D eigenvalue weighted by Crippen LogP contribution is 2.34. The number of nitrogens with one attached hydrogen (secondary N) is 4. The average Bonchev–Trinajstić information content (AvgIpc) is 2.52. The Morgan fingerprint density at radius 3 is 1.54 bits per heavy atom. The molecule has 6 N–H and O–H groups in total. The summed E-state index contributed by atoms with van der Waals surface area (Å²) in [7, 11) is 0. The summed E-state index contributed by atoms with van der Waals surface area (Å²) >= 11 is 3.25. The highest BCUT2D eigenvalue weighted by molar-refractivity contribution is 9.10. The molecule has 0 saturated heterocycles. The van der Waals surface area contributed by atoms with Crippen LogP contribution in [-0.4, -0.2) is 30.1 Å². The molecule has 11 heteroatoms. The van der Waals surface area contributed by atoms with E-state index in [1.807, 2.05) is 19.9 Å². The van der Waals surface area contributed by atoms with Crippen molar-refractivity contribution in [2.24, 2.45) is 0 Å². The van der Waals surface area contributed by atoms with Gasteiger partial charge in [0.05, 0.1) is 17.0 Å². The van der Waals surface area contributed by atoms with Crippen LogP contribution in [0.1, 0.15) is 22.6 Å². The Labute approximate surface area is 151 Å². The first-order valence-corrected chi connectivity index (χ1v) is 7.93. The fourth-order valence-electron chi connectivity index (χ4n) is 2.64. The van der Waals surface area contributed by atoms with Crippen LogP contribution >= 0.6 is 15.9 Å². The fourth-order valence-corrected chi connectivity index (χ4v) is 2.90. The van der Waals surface area contributed by atoms with Crippen LogP contribution in [0, 0.1) is 0 Å². The molecule has 0 aliphatic heterocycles. The van der Waals surface area contributed by atoms with Crippen LogP contribution in [-0.2, 0) is 0 Å². The molecule has 0 atom stereocenters. The van der Waals surface area contributed by atoms with Crippen LogP contribution in [0.4, 0.5) is 0 Å². The fraction of sp³-hybridized carbons (Fsp3) is 0.0667. The van der Waals surface area contributed by atoms with Gasteiger partial charge in [-0.3, -0.25) is 29.5 Å². The van der Waals surface area contributed by atoms with Crippen molar-refractivity contribution >= 4 is 15.9 Å². The topological polar surface area (TPSA) is 172 Å². The zero-order valence-electron chi connectivity index (χ0n) is 12.8. The largest absolute Gasteiger partial charge is 0.494 e. The predicted molar refractivity (Wildman–Crippen MR) is 93.8 cm³/mol. The molecule has 0 bridgehead atoms. The molecule has 3 rings (SSSR count). The molecule has 0 fully saturated rings. The van der Waals surface area contributed by atoms with Gasteiger partial charge >= 0.3 is 11.4 Å². The maximum absolute atomic E-state index is 12.3. The molecule has 2 aromatic heterocycles. The molecular weight excluding hydrogens is 412 g/mol. The van der Waals surface area contributed by atoms with E-state index >= 15 is 0 Å². The molecule has 0 saturated carbocycles. The molecule has 134 valence electrons. The first kappa shape index (κ1) is 17.5. The second-order valence-electron chi connectivity index (χ2n) is 5.33. The van der Waals surface area contributed by atoms with Crippen molar-refractivity contribution < 1.29 is 10.2 Å². The van der Waals surface area contributed by atoms with E-state index in [0.29, 0.717) is 10.0 Å². The quantitative estimate of drug-likeness (QED) is 0.340. The molecule has 0 aliphatic rings. The van der Waals surface area contributed by atoms with Crippen LogP contribution in [0.5, 0.6) is 11.8 Å². The van der Waals surface area contributed by atoms with Gasteiger partial charge in [-0.25, -0.2) is 9.59 Å². The Balaban J connectivity index is 2.41. The Morgan fingerprint density at radius 1 is 0.731 bits per heavy atom. The van der Waals surface area contributed by atoms with Gasteiger partial charge < -0.3 is 10.2 Å². The highest BCUT2D eigenvalue weighted by Gasteiger charge is 2.29. The van der Waals surface area contributed by atoms with Gasteiger partial charge in [0.25, 0.3) is 11.1 Å². The predicted octanol–water partition coefficient (Wildman–Crippen LogP) is -0.206. The normalized spacial score (nSPS) is 11.0. The SMILES string of the molecule is O=c1[nH]c(O)c(C(c2ccc(Br)cc2)c2c(O)[nH]c(=O)[nH]c2=O)c(=O)[nH]1. The van der Waals surface area contributed by atoms with Crippen molar-refractivity contribution in [2.45, 2.75) is 5.92 Å². The van der Waals surface area contributed by atoms with Crippen molar-refractivity contribution in [3.05, 3.63) is 87.1 Å². The number of hydrogen-bond donors (Lipinski definition) is 6. The van der Waals surface area contributed by atoms with Gasteiger partial charge in [-0.1, -0.05) is 28.1 Å². The number of rotatable bonds is 3. The lowest BCUT2D eigenvalue weighted by Gasteiger charge is -2.18. The van der Waals surface area contributed by atoms with E-state index in [-0.39, 0.29) is 11.1 Å². The summed E-state index contributed by atoms with van der Waals surface area (Å²) in [5.74, 6) is -2.81. The number of aromatic hydroxyl groups is 2. The van der Waals surface area contributed by atoms with Gasteiger partial charge in [0, 0.05) is 4.47 Å². The Bertz CT molecular complexity index is 1130. The van der Waals surface area contributed by atoms with Gasteiger partial charge in [-0.2, -0.15) is 0 Å². The van der Waals surface area contributed by atoms with E-state index in [9.17, 15) is 29.4 Å². The molecule has 2 heterocycles. The summed E-state index contributed by atoms with van der Waals surface area (Å²) in [4.78, 5) is 55.3. The Hall–Kier alpha value is -3.34. The molecule has 0 radical (unpaired) electrons. The summed E-state index contributed by atoms with van der Waals surface area (Å²) in [6.45, 7) is 0. The van der Waals surface area contributed by atoms with Gasteiger partial charge in [-0.05, 0) is 17.7 Å². The number of hydrogen-bond acceptors (Lipinski definition) is 6. The van der Waals surface area contributed by atoms with E-state index in [0.717, 1.165) is 0 Å². The molecule has 1 aromatic carbocycles. The van der Waals surface area contributed by atoms with Gasteiger partial charge in [-0.15, -0.1) is 0 Å². The zero-order chi connectivity index (χ0) is 19.0. The Morgan fingerprint density at radius 2 is 1.15 bits per heavy atom.